The van der Waals surface area contributed by atoms with Gasteiger partial charge in [-0.25, -0.2) is 9.50 Å². The van der Waals surface area contributed by atoms with Gasteiger partial charge in [0.2, 0.25) is 0 Å². The summed E-state index contributed by atoms with van der Waals surface area (Å²) < 4.78 is 1.53. The molecule has 3 aromatic heterocycles. The van der Waals surface area contributed by atoms with Gasteiger partial charge in [-0.15, -0.1) is 0 Å². The average Bonchev–Trinajstić information content (AvgIpc) is 3.09. The van der Waals surface area contributed by atoms with Gasteiger partial charge in [0.05, 0.1) is 5.69 Å². The first-order valence-electron chi connectivity index (χ1n) is 7.82. The van der Waals surface area contributed by atoms with Gasteiger partial charge < -0.3 is 4.98 Å². The highest BCUT2D eigenvalue weighted by Gasteiger charge is 2.12. The highest BCUT2D eigenvalue weighted by molar-refractivity contribution is 5.83. The van der Waals surface area contributed by atoms with E-state index in [2.05, 4.69) is 29.1 Å². The van der Waals surface area contributed by atoms with Crippen molar-refractivity contribution in [1.82, 2.24) is 19.6 Å². The van der Waals surface area contributed by atoms with E-state index in [4.69, 9.17) is 4.98 Å². The Hall–Kier alpha value is -2.82. The minimum absolute atomic E-state index is 0.0624. The lowest BCUT2D eigenvalue weighted by Gasteiger charge is -2.02. The Morgan fingerprint density at radius 2 is 2.09 bits per heavy atom. The van der Waals surface area contributed by atoms with Crippen LogP contribution in [0.4, 0.5) is 0 Å². The van der Waals surface area contributed by atoms with Crippen molar-refractivity contribution < 1.29 is 0 Å². The van der Waals surface area contributed by atoms with Gasteiger partial charge in [-0.05, 0) is 25.0 Å². The second-order valence-electron chi connectivity index (χ2n) is 5.85. The van der Waals surface area contributed by atoms with Crippen molar-refractivity contribution in [2.24, 2.45) is 0 Å². The van der Waals surface area contributed by atoms with Crippen LogP contribution in [0.15, 0.2) is 41.3 Å². The number of benzene rings is 1. The first-order valence-corrected chi connectivity index (χ1v) is 7.82. The molecule has 0 fully saturated rings. The maximum Gasteiger partial charge on any atom is 0.272 e. The van der Waals surface area contributed by atoms with Gasteiger partial charge >= 0.3 is 0 Å². The highest BCUT2D eigenvalue weighted by Crippen LogP contribution is 2.20. The van der Waals surface area contributed by atoms with Crippen LogP contribution in [0.25, 0.3) is 16.6 Å². The third-order valence-electron chi connectivity index (χ3n) is 4.37. The smallest absolute Gasteiger partial charge is 0.272 e. The Balaban J connectivity index is 1.84. The average molecular weight is 306 g/mol. The maximum absolute atomic E-state index is 12.4. The zero-order chi connectivity index (χ0) is 16.0. The molecule has 0 radical (unpaired) electrons. The van der Waals surface area contributed by atoms with Crippen LogP contribution < -0.4 is 5.56 Å². The monoisotopic (exact) mass is 306 g/mol. The number of nitrogens with one attached hydrogen (secondary N) is 2. The van der Waals surface area contributed by atoms with Crippen molar-refractivity contribution in [3.8, 4) is 0 Å². The molecular formula is C18H18N4O. The van der Waals surface area contributed by atoms with E-state index in [1.54, 1.807) is 6.07 Å². The van der Waals surface area contributed by atoms with E-state index in [0.717, 1.165) is 40.1 Å². The van der Waals surface area contributed by atoms with Crippen LogP contribution in [0.2, 0.25) is 0 Å². The summed E-state index contributed by atoms with van der Waals surface area (Å²) in [6.45, 7) is 4.06. The molecule has 5 nitrogen and oxygen atoms in total. The van der Waals surface area contributed by atoms with Gasteiger partial charge in [-0.3, -0.25) is 9.89 Å². The number of rotatable bonds is 3. The summed E-state index contributed by atoms with van der Waals surface area (Å²) in [6.07, 6.45) is 3.49. The van der Waals surface area contributed by atoms with E-state index in [9.17, 15) is 4.79 Å². The predicted molar refractivity (Wildman–Crippen MR) is 91.0 cm³/mol. The largest absolute Gasteiger partial charge is 0.361 e. The fourth-order valence-corrected chi connectivity index (χ4v) is 3.23. The Kier molecular flexibility index (Phi) is 3.08. The number of nitrogens with zero attached hydrogens (tertiary/aromatic N) is 2. The van der Waals surface area contributed by atoms with Crippen molar-refractivity contribution in [3.63, 3.8) is 0 Å². The molecule has 4 aromatic rings. The van der Waals surface area contributed by atoms with E-state index in [1.165, 1.54) is 9.90 Å². The molecule has 4 rings (SSSR count). The number of hydrogen-bond acceptors (Lipinski definition) is 2. The Bertz CT molecular complexity index is 1070. The third kappa shape index (κ3) is 2.16. The van der Waals surface area contributed by atoms with E-state index >= 15 is 0 Å². The molecule has 0 aliphatic heterocycles. The lowest BCUT2D eigenvalue weighted by atomic mass is 10.1. The van der Waals surface area contributed by atoms with Crippen LogP contribution in [-0.2, 0) is 12.8 Å². The molecule has 3 heterocycles. The number of H-pyrrole nitrogens is 2. The summed E-state index contributed by atoms with van der Waals surface area (Å²) in [4.78, 5) is 20.4. The lowest BCUT2D eigenvalue weighted by molar-refractivity contribution is 0.866. The Labute approximate surface area is 133 Å². The molecule has 0 saturated carbocycles. The zero-order valence-electron chi connectivity index (χ0n) is 13.2. The first kappa shape index (κ1) is 13.8. The molecule has 1 aromatic carbocycles. The summed E-state index contributed by atoms with van der Waals surface area (Å²) in [5.74, 6) is 0. The number of para-hydroxylation sites is 1. The van der Waals surface area contributed by atoms with Crippen LogP contribution in [0, 0.1) is 6.92 Å². The molecule has 116 valence electrons. The van der Waals surface area contributed by atoms with Crippen molar-refractivity contribution in [2.75, 3.05) is 0 Å². The van der Waals surface area contributed by atoms with Gasteiger partial charge in [-0.2, -0.15) is 0 Å². The van der Waals surface area contributed by atoms with Crippen molar-refractivity contribution in [2.45, 2.75) is 26.7 Å². The molecule has 0 spiro atoms. The first-order chi connectivity index (χ1) is 11.2. The molecule has 23 heavy (non-hydrogen) atoms. The molecule has 0 bridgehead atoms. The van der Waals surface area contributed by atoms with Gasteiger partial charge in [-0.1, -0.05) is 25.1 Å². The van der Waals surface area contributed by atoms with Crippen LogP contribution in [0.5, 0.6) is 0 Å². The van der Waals surface area contributed by atoms with Crippen LogP contribution in [0.1, 0.15) is 29.4 Å². The van der Waals surface area contributed by atoms with Crippen molar-refractivity contribution in [3.05, 3.63) is 69.4 Å². The fraction of sp³-hybridized carbons (Fsp3) is 0.222. The molecule has 0 saturated heterocycles. The minimum atomic E-state index is -0.0624. The van der Waals surface area contributed by atoms with Crippen LogP contribution >= 0.6 is 0 Å². The predicted octanol–water partition coefficient (Wildman–Crippen LogP) is 2.97. The topological polar surface area (TPSA) is 65.9 Å². The molecule has 2 N–H and O–H groups in total. The number of aromatic amines is 2. The van der Waals surface area contributed by atoms with E-state index in [0.29, 0.717) is 6.42 Å². The number of hydrogen-bond donors (Lipinski definition) is 2. The normalized spacial score (nSPS) is 11.6. The Morgan fingerprint density at radius 1 is 1.26 bits per heavy atom. The molecular weight excluding hydrogens is 288 g/mol. The van der Waals surface area contributed by atoms with Crippen molar-refractivity contribution in [1.29, 1.82) is 0 Å². The fourth-order valence-electron chi connectivity index (χ4n) is 3.23. The standard InChI is InChI=1S/C18H18N4O/c1-3-14-11(2)21-22-17(23)9-13(20-18(14)22)8-12-10-19-16-7-5-4-6-15(12)16/h4-7,9-10,19,21H,3,8H2,1-2H3. The molecule has 5 heteroatoms. The van der Waals surface area contributed by atoms with E-state index in [-0.39, 0.29) is 5.56 Å². The van der Waals surface area contributed by atoms with Gasteiger partial charge in [0, 0.05) is 40.8 Å². The summed E-state index contributed by atoms with van der Waals surface area (Å²) >= 11 is 0. The van der Waals surface area contributed by atoms with Gasteiger partial charge in [0.1, 0.15) is 0 Å². The molecule has 0 amide bonds. The zero-order valence-corrected chi connectivity index (χ0v) is 13.2. The SMILES string of the molecule is CCc1c(C)[nH]n2c(=O)cc(Cc3c[nH]c4ccccc34)nc12. The lowest BCUT2D eigenvalue weighted by Crippen LogP contribution is -2.16. The third-order valence-corrected chi connectivity index (χ3v) is 4.37. The number of aromatic nitrogens is 4. The molecule has 0 atom stereocenters. The summed E-state index contributed by atoms with van der Waals surface area (Å²) in [5, 5.41) is 4.27. The minimum Gasteiger partial charge on any atom is -0.361 e. The second kappa shape index (κ2) is 5.12. The van der Waals surface area contributed by atoms with E-state index in [1.807, 2.05) is 25.3 Å². The highest BCUT2D eigenvalue weighted by atomic mass is 16.1. The van der Waals surface area contributed by atoms with Crippen LogP contribution in [0.3, 0.4) is 0 Å². The van der Waals surface area contributed by atoms with Gasteiger partial charge in [0.25, 0.3) is 5.56 Å². The number of aryl methyl sites for hydroxylation is 2. The quantitative estimate of drug-likeness (QED) is 0.611. The van der Waals surface area contributed by atoms with E-state index < -0.39 is 0 Å². The second-order valence-corrected chi connectivity index (χ2v) is 5.85. The molecule has 0 unspecified atom stereocenters. The van der Waals surface area contributed by atoms with Gasteiger partial charge in [0.15, 0.2) is 5.65 Å². The summed E-state index contributed by atoms with van der Waals surface area (Å²) in [6, 6.07) is 9.79. The number of fused-ring (bicyclic) bond motifs is 2. The molecule has 0 aliphatic rings. The van der Waals surface area contributed by atoms with Crippen molar-refractivity contribution >= 4 is 16.6 Å². The molecule has 0 aliphatic carbocycles. The maximum atomic E-state index is 12.4. The summed E-state index contributed by atoms with van der Waals surface area (Å²) in [5.41, 5.74) is 5.84. The Morgan fingerprint density at radius 3 is 2.91 bits per heavy atom. The van der Waals surface area contributed by atoms with Crippen LogP contribution in [-0.4, -0.2) is 19.6 Å². The summed E-state index contributed by atoms with van der Waals surface area (Å²) in [7, 11) is 0.